The van der Waals surface area contributed by atoms with Gasteiger partial charge >= 0.3 is 0 Å². The van der Waals surface area contributed by atoms with Gasteiger partial charge in [0.15, 0.2) is 17.5 Å². The number of anilines is 1. The van der Waals surface area contributed by atoms with E-state index in [0.29, 0.717) is 35.9 Å². The predicted molar refractivity (Wildman–Crippen MR) is 141 cm³/mol. The number of rotatable bonds is 8. The monoisotopic (exact) mass is 533 g/mol. The molecule has 4 heterocycles. The van der Waals surface area contributed by atoms with Crippen LogP contribution in [0.15, 0.2) is 53.9 Å². The fourth-order valence-corrected chi connectivity index (χ4v) is 5.86. The van der Waals surface area contributed by atoms with Gasteiger partial charge in [0.2, 0.25) is 18.6 Å². The number of nitrogens with one attached hydrogen (secondary N) is 1. The number of thiophene rings is 1. The normalized spacial score (nSPS) is 17.0. The SMILES string of the molecule is Cc1ccsc1[C@H](C(=O)NC[C@@H]1CCCO1)N(C(=O)Cn1nnc2ccccc21)c1ccc2c(c1)OCO2. The highest BCUT2D eigenvalue weighted by molar-refractivity contribution is 7.10. The lowest BCUT2D eigenvalue weighted by Gasteiger charge is -2.31. The van der Waals surface area contributed by atoms with Crippen molar-refractivity contribution in [3.05, 3.63) is 64.4 Å². The second-order valence-corrected chi connectivity index (χ2v) is 10.2. The molecule has 2 aromatic heterocycles. The first-order valence-corrected chi connectivity index (χ1v) is 13.4. The van der Waals surface area contributed by atoms with E-state index in [1.54, 1.807) is 22.9 Å². The molecular formula is C27H27N5O5S. The number of hydrogen-bond donors (Lipinski definition) is 1. The van der Waals surface area contributed by atoms with Crippen molar-refractivity contribution < 1.29 is 23.8 Å². The van der Waals surface area contributed by atoms with Gasteiger partial charge in [0, 0.05) is 29.8 Å². The molecule has 2 atom stereocenters. The van der Waals surface area contributed by atoms with Gasteiger partial charge in [-0.3, -0.25) is 14.5 Å². The van der Waals surface area contributed by atoms with Gasteiger partial charge in [-0.05, 0) is 61.0 Å². The third-order valence-corrected chi connectivity index (χ3v) is 7.86. The van der Waals surface area contributed by atoms with Crippen LogP contribution in [0.25, 0.3) is 11.0 Å². The number of amides is 2. The van der Waals surface area contributed by atoms with Crippen molar-refractivity contribution >= 4 is 39.9 Å². The number of hydrogen-bond acceptors (Lipinski definition) is 8. The largest absolute Gasteiger partial charge is 0.454 e. The van der Waals surface area contributed by atoms with Crippen molar-refractivity contribution in [1.29, 1.82) is 0 Å². The average Bonchev–Trinajstić information content (AvgIpc) is 3.74. The molecular weight excluding hydrogens is 506 g/mol. The van der Waals surface area contributed by atoms with E-state index in [1.165, 1.54) is 16.2 Å². The standard InChI is InChI=1S/C27H27N5O5S/c1-17-10-12-38-26(17)25(27(34)28-14-19-5-4-11-35-19)32(18-8-9-22-23(13-18)37-16-36-22)24(33)15-31-21-7-3-2-6-20(21)29-30-31/h2-3,6-10,12-13,19,25H,4-5,11,14-16H2,1H3,(H,28,34)/t19-,25+/m0/s1. The lowest BCUT2D eigenvalue weighted by Crippen LogP contribution is -2.46. The lowest BCUT2D eigenvalue weighted by atomic mass is 10.1. The highest BCUT2D eigenvalue weighted by atomic mass is 32.1. The number of carbonyl (C=O) groups is 2. The Morgan fingerprint density at radius 1 is 1.18 bits per heavy atom. The number of benzene rings is 2. The first-order valence-electron chi connectivity index (χ1n) is 12.5. The molecule has 4 aromatic rings. The maximum Gasteiger partial charge on any atom is 0.249 e. The number of para-hydroxylation sites is 1. The Labute approximate surface area is 223 Å². The van der Waals surface area contributed by atoms with Crippen LogP contribution < -0.4 is 19.7 Å². The smallest absolute Gasteiger partial charge is 0.249 e. The van der Waals surface area contributed by atoms with Crippen LogP contribution >= 0.6 is 11.3 Å². The van der Waals surface area contributed by atoms with Crippen LogP contribution in [-0.4, -0.2) is 52.9 Å². The summed E-state index contributed by atoms with van der Waals surface area (Å²) in [5.74, 6) is 0.521. The van der Waals surface area contributed by atoms with E-state index in [4.69, 9.17) is 14.2 Å². The van der Waals surface area contributed by atoms with Gasteiger partial charge in [-0.2, -0.15) is 0 Å². The number of nitrogens with zero attached hydrogens (tertiary/aromatic N) is 4. The van der Waals surface area contributed by atoms with Crippen LogP contribution in [0.1, 0.15) is 29.3 Å². The number of aryl methyl sites for hydroxylation is 1. The van der Waals surface area contributed by atoms with Crippen LogP contribution in [0.4, 0.5) is 5.69 Å². The third-order valence-electron chi connectivity index (χ3n) is 6.79. The summed E-state index contributed by atoms with van der Waals surface area (Å²) in [4.78, 5) is 30.3. The average molecular weight is 534 g/mol. The Kier molecular flexibility index (Phi) is 6.69. The summed E-state index contributed by atoms with van der Waals surface area (Å²) >= 11 is 1.44. The Hall–Kier alpha value is -3.96. The first-order chi connectivity index (χ1) is 18.6. The number of carbonyl (C=O) groups excluding carboxylic acids is 2. The van der Waals surface area contributed by atoms with E-state index in [9.17, 15) is 9.59 Å². The van der Waals surface area contributed by atoms with Crippen molar-refractivity contribution in [2.75, 3.05) is 24.8 Å². The molecule has 6 rings (SSSR count). The number of aromatic nitrogens is 3. The van der Waals surface area contributed by atoms with Crippen molar-refractivity contribution in [1.82, 2.24) is 20.3 Å². The van der Waals surface area contributed by atoms with Crippen molar-refractivity contribution in [3.63, 3.8) is 0 Å². The third kappa shape index (κ3) is 4.70. The fraction of sp³-hybridized carbons (Fsp3) is 0.333. The molecule has 2 aliphatic heterocycles. The number of fused-ring (bicyclic) bond motifs is 2. The minimum absolute atomic E-state index is 0.0276. The van der Waals surface area contributed by atoms with E-state index >= 15 is 0 Å². The molecule has 1 fully saturated rings. The van der Waals surface area contributed by atoms with Gasteiger partial charge in [0.1, 0.15) is 12.1 Å². The molecule has 0 spiro atoms. The van der Waals surface area contributed by atoms with Crippen LogP contribution in [0.2, 0.25) is 0 Å². The zero-order valence-corrected chi connectivity index (χ0v) is 21.6. The summed E-state index contributed by atoms with van der Waals surface area (Å²) in [7, 11) is 0. The Balaban J connectivity index is 1.39. The Bertz CT molecular complexity index is 1480. The molecule has 38 heavy (non-hydrogen) atoms. The van der Waals surface area contributed by atoms with Crippen molar-refractivity contribution in [2.24, 2.45) is 0 Å². The zero-order chi connectivity index (χ0) is 26.1. The Morgan fingerprint density at radius 2 is 2.05 bits per heavy atom. The fourth-order valence-electron chi connectivity index (χ4n) is 4.85. The molecule has 0 radical (unpaired) electrons. The lowest BCUT2D eigenvalue weighted by molar-refractivity contribution is -0.127. The van der Waals surface area contributed by atoms with Gasteiger partial charge < -0.3 is 19.5 Å². The number of ether oxygens (including phenoxy) is 3. The molecule has 10 nitrogen and oxygen atoms in total. The molecule has 2 aromatic carbocycles. The quantitative estimate of drug-likeness (QED) is 0.369. The second-order valence-electron chi connectivity index (χ2n) is 9.29. The maximum absolute atomic E-state index is 14.1. The second kappa shape index (κ2) is 10.4. The van der Waals surface area contributed by atoms with Gasteiger partial charge in [0.25, 0.3) is 0 Å². The molecule has 0 saturated carbocycles. The summed E-state index contributed by atoms with van der Waals surface area (Å²) in [6.07, 6.45) is 1.84. The molecule has 2 amide bonds. The van der Waals surface area contributed by atoms with Crippen molar-refractivity contribution in [2.45, 2.75) is 38.5 Å². The first kappa shape index (κ1) is 24.4. The molecule has 1 saturated heterocycles. The maximum atomic E-state index is 14.1. The van der Waals surface area contributed by atoms with Crippen molar-refractivity contribution in [3.8, 4) is 11.5 Å². The van der Waals surface area contributed by atoms with E-state index in [-0.39, 0.29) is 31.3 Å². The summed E-state index contributed by atoms with van der Waals surface area (Å²) in [6, 6.07) is 13.8. The molecule has 11 heteroatoms. The van der Waals surface area contributed by atoms with E-state index < -0.39 is 6.04 Å². The zero-order valence-electron chi connectivity index (χ0n) is 20.8. The van der Waals surface area contributed by atoms with Crippen LogP contribution in [0, 0.1) is 6.92 Å². The molecule has 1 N–H and O–H groups in total. The van der Waals surface area contributed by atoms with Crippen LogP contribution in [0.3, 0.4) is 0 Å². The van der Waals surface area contributed by atoms with E-state index in [2.05, 4.69) is 15.6 Å². The summed E-state index contributed by atoms with van der Waals surface area (Å²) in [5.41, 5.74) is 2.87. The van der Waals surface area contributed by atoms with E-state index in [0.717, 1.165) is 28.8 Å². The topological polar surface area (TPSA) is 108 Å². The highest BCUT2D eigenvalue weighted by Gasteiger charge is 2.36. The minimum atomic E-state index is -0.904. The molecule has 0 bridgehead atoms. The predicted octanol–water partition coefficient (Wildman–Crippen LogP) is 3.60. The molecule has 0 aliphatic carbocycles. The summed E-state index contributed by atoms with van der Waals surface area (Å²) in [5, 5.41) is 13.4. The van der Waals surface area contributed by atoms with E-state index in [1.807, 2.05) is 42.6 Å². The van der Waals surface area contributed by atoms with Crippen LogP contribution in [-0.2, 0) is 20.9 Å². The summed E-state index contributed by atoms with van der Waals surface area (Å²) < 4.78 is 18.3. The van der Waals surface area contributed by atoms with Gasteiger partial charge in [0.05, 0.1) is 11.6 Å². The summed E-state index contributed by atoms with van der Waals surface area (Å²) in [6.45, 7) is 3.03. The Morgan fingerprint density at radius 3 is 2.87 bits per heavy atom. The molecule has 2 aliphatic rings. The van der Waals surface area contributed by atoms with Crippen LogP contribution in [0.5, 0.6) is 11.5 Å². The van der Waals surface area contributed by atoms with Gasteiger partial charge in [-0.1, -0.05) is 17.3 Å². The van der Waals surface area contributed by atoms with Gasteiger partial charge in [-0.15, -0.1) is 16.4 Å². The highest BCUT2D eigenvalue weighted by Crippen LogP contribution is 2.39. The van der Waals surface area contributed by atoms with Gasteiger partial charge in [-0.25, -0.2) is 4.68 Å². The molecule has 196 valence electrons. The molecule has 0 unspecified atom stereocenters. The minimum Gasteiger partial charge on any atom is -0.454 e.